The summed E-state index contributed by atoms with van der Waals surface area (Å²) in [5.41, 5.74) is 8.31. The van der Waals surface area contributed by atoms with E-state index in [1.807, 2.05) is 30.6 Å². The van der Waals surface area contributed by atoms with Crippen molar-refractivity contribution in [2.24, 2.45) is 11.1 Å². The van der Waals surface area contributed by atoms with Gasteiger partial charge in [-0.3, -0.25) is 0 Å². The van der Waals surface area contributed by atoms with Crippen molar-refractivity contribution >= 4 is 29.3 Å². The van der Waals surface area contributed by atoms with Gasteiger partial charge in [0.2, 0.25) is 5.95 Å². The molecular formula is C23H25ClN6OS. The Labute approximate surface area is 196 Å². The normalized spacial score (nSPS) is 22.4. The second-order valence-corrected chi connectivity index (χ2v) is 9.95. The number of rotatable bonds is 4. The van der Waals surface area contributed by atoms with Crippen LogP contribution in [-0.4, -0.2) is 51.8 Å². The zero-order chi connectivity index (χ0) is 22.1. The van der Waals surface area contributed by atoms with Crippen LogP contribution in [0.5, 0.6) is 0 Å². The van der Waals surface area contributed by atoms with E-state index in [0.29, 0.717) is 5.02 Å². The Morgan fingerprint density at radius 3 is 2.50 bits per heavy atom. The Morgan fingerprint density at radius 1 is 1.12 bits per heavy atom. The molecule has 2 aromatic heterocycles. The summed E-state index contributed by atoms with van der Waals surface area (Å²) in [6, 6.07) is 6.04. The fraction of sp³-hybridized carbons (Fsp3) is 0.391. The van der Waals surface area contributed by atoms with Gasteiger partial charge in [0.05, 0.1) is 17.7 Å². The highest BCUT2D eigenvalue weighted by molar-refractivity contribution is 7.99. The summed E-state index contributed by atoms with van der Waals surface area (Å²) in [5, 5.41) is 0.669. The number of ether oxygens (including phenoxy) is 1. The van der Waals surface area contributed by atoms with Gasteiger partial charge < -0.3 is 15.4 Å². The molecule has 0 aliphatic carbocycles. The summed E-state index contributed by atoms with van der Waals surface area (Å²) in [7, 11) is 0. The molecule has 1 aromatic carbocycles. The first-order valence-electron chi connectivity index (χ1n) is 10.7. The predicted octanol–water partition coefficient (Wildman–Crippen LogP) is 4.07. The SMILES string of the molecule is C[C@@H]1OCC2(CCN(c3ncc(Sc4cccc(-c5cncnc5)c4Cl)cn3)CC2)[C@H]1N. The molecule has 7 nitrogen and oxygen atoms in total. The molecule has 5 rings (SSSR count). The molecule has 0 unspecified atom stereocenters. The third-order valence-corrected chi connectivity index (χ3v) is 8.09. The lowest BCUT2D eigenvalue weighted by Gasteiger charge is -2.41. The standard InChI is InChI=1S/C23H25ClN6OS/c1-15-21(25)23(13-31-15)5-7-30(8-6-23)22-28-11-17(12-29-22)32-19-4-2-3-18(20(19)24)16-9-26-14-27-10-16/h2-4,9-12,14-15,21H,5-8,13,25H2,1H3/t15-,21-/m0/s1. The first kappa shape index (κ1) is 21.6. The highest BCUT2D eigenvalue weighted by Gasteiger charge is 2.47. The number of aromatic nitrogens is 4. The van der Waals surface area contributed by atoms with Gasteiger partial charge in [-0.1, -0.05) is 35.5 Å². The molecule has 2 atom stereocenters. The summed E-state index contributed by atoms with van der Waals surface area (Å²) in [5.74, 6) is 0.756. The molecule has 32 heavy (non-hydrogen) atoms. The zero-order valence-corrected chi connectivity index (χ0v) is 19.4. The van der Waals surface area contributed by atoms with E-state index in [1.165, 1.54) is 6.33 Å². The number of halogens is 1. The highest BCUT2D eigenvalue weighted by Crippen LogP contribution is 2.42. The van der Waals surface area contributed by atoms with E-state index in [4.69, 9.17) is 22.1 Å². The fourth-order valence-electron chi connectivity index (χ4n) is 4.53. The van der Waals surface area contributed by atoms with Crippen LogP contribution in [0.2, 0.25) is 5.02 Å². The topological polar surface area (TPSA) is 90.0 Å². The van der Waals surface area contributed by atoms with Crippen LogP contribution >= 0.6 is 23.4 Å². The molecule has 0 radical (unpaired) electrons. The maximum atomic E-state index is 6.68. The van der Waals surface area contributed by atoms with Crippen molar-refractivity contribution in [2.75, 3.05) is 24.6 Å². The molecule has 0 saturated carbocycles. The molecule has 4 heterocycles. The molecule has 2 N–H and O–H groups in total. The maximum Gasteiger partial charge on any atom is 0.225 e. The number of piperidine rings is 1. The van der Waals surface area contributed by atoms with Crippen LogP contribution in [0, 0.1) is 5.41 Å². The second kappa shape index (κ2) is 8.94. The van der Waals surface area contributed by atoms with E-state index < -0.39 is 0 Å². The lowest BCUT2D eigenvalue weighted by atomic mass is 9.73. The Balaban J connectivity index is 1.26. The Bertz CT molecular complexity index is 1080. The second-order valence-electron chi connectivity index (χ2n) is 8.46. The zero-order valence-electron chi connectivity index (χ0n) is 17.8. The van der Waals surface area contributed by atoms with Crippen molar-refractivity contribution in [1.82, 2.24) is 19.9 Å². The molecule has 2 aliphatic heterocycles. The van der Waals surface area contributed by atoms with Crippen molar-refractivity contribution in [3.63, 3.8) is 0 Å². The molecule has 0 bridgehead atoms. The summed E-state index contributed by atoms with van der Waals surface area (Å²) >= 11 is 8.23. The van der Waals surface area contributed by atoms with Crippen molar-refractivity contribution in [3.8, 4) is 11.1 Å². The highest BCUT2D eigenvalue weighted by atomic mass is 35.5. The summed E-state index contributed by atoms with van der Waals surface area (Å²) in [4.78, 5) is 21.5. The van der Waals surface area contributed by atoms with Gasteiger partial charge in [0, 0.05) is 70.3 Å². The molecule has 0 amide bonds. The number of hydrogen-bond donors (Lipinski definition) is 1. The van der Waals surface area contributed by atoms with E-state index >= 15 is 0 Å². The van der Waals surface area contributed by atoms with Gasteiger partial charge in [0.15, 0.2) is 0 Å². The summed E-state index contributed by atoms with van der Waals surface area (Å²) < 4.78 is 5.82. The number of benzene rings is 1. The summed E-state index contributed by atoms with van der Waals surface area (Å²) in [6.45, 7) is 4.61. The van der Waals surface area contributed by atoms with E-state index in [0.717, 1.165) is 59.4 Å². The van der Waals surface area contributed by atoms with Crippen molar-refractivity contribution in [2.45, 2.75) is 41.7 Å². The Morgan fingerprint density at radius 2 is 1.84 bits per heavy atom. The van der Waals surface area contributed by atoms with Gasteiger partial charge in [-0.25, -0.2) is 19.9 Å². The van der Waals surface area contributed by atoms with Gasteiger partial charge in [-0.2, -0.15) is 0 Å². The quantitative estimate of drug-likeness (QED) is 0.612. The van der Waals surface area contributed by atoms with Crippen LogP contribution in [0.15, 0.2) is 59.1 Å². The summed E-state index contributed by atoms with van der Waals surface area (Å²) in [6.07, 6.45) is 10.9. The molecule has 2 aliphatic rings. The fourth-order valence-corrected chi connectivity index (χ4v) is 5.69. The van der Waals surface area contributed by atoms with Crippen molar-refractivity contribution in [3.05, 3.63) is 54.3 Å². The van der Waals surface area contributed by atoms with E-state index in [-0.39, 0.29) is 17.6 Å². The molecule has 3 aromatic rings. The lowest BCUT2D eigenvalue weighted by molar-refractivity contribution is 0.0973. The van der Waals surface area contributed by atoms with Crippen LogP contribution in [0.4, 0.5) is 5.95 Å². The Kier molecular flexibility index (Phi) is 6.03. The molecular weight excluding hydrogens is 444 g/mol. The monoisotopic (exact) mass is 468 g/mol. The van der Waals surface area contributed by atoms with Crippen molar-refractivity contribution in [1.29, 1.82) is 0 Å². The minimum atomic E-state index is 0.0945. The van der Waals surface area contributed by atoms with E-state index in [2.05, 4.69) is 31.8 Å². The van der Waals surface area contributed by atoms with Crippen LogP contribution in [-0.2, 0) is 4.74 Å². The van der Waals surface area contributed by atoms with Crippen LogP contribution < -0.4 is 10.6 Å². The van der Waals surface area contributed by atoms with Gasteiger partial charge in [-0.05, 0) is 25.8 Å². The van der Waals surface area contributed by atoms with Crippen LogP contribution in [0.1, 0.15) is 19.8 Å². The number of nitrogens with two attached hydrogens (primary N) is 1. The smallest absolute Gasteiger partial charge is 0.225 e. The molecule has 2 fully saturated rings. The van der Waals surface area contributed by atoms with Gasteiger partial charge >= 0.3 is 0 Å². The van der Waals surface area contributed by atoms with Crippen molar-refractivity contribution < 1.29 is 4.74 Å². The van der Waals surface area contributed by atoms with Gasteiger partial charge in [0.25, 0.3) is 0 Å². The number of anilines is 1. The van der Waals surface area contributed by atoms with E-state index in [9.17, 15) is 0 Å². The first-order chi connectivity index (χ1) is 15.6. The van der Waals surface area contributed by atoms with Gasteiger partial charge in [0.1, 0.15) is 6.33 Å². The van der Waals surface area contributed by atoms with Gasteiger partial charge in [-0.15, -0.1) is 0 Å². The molecule has 9 heteroatoms. The van der Waals surface area contributed by atoms with Crippen LogP contribution in [0.25, 0.3) is 11.1 Å². The third kappa shape index (κ3) is 4.08. The molecule has 1 spiro atoms. The maximum absolute atomic E-state index is 6.68. The lowest BCUT2D eigenvalue weighted by Crippen LogP contribution is -2.50. The number of nitrogens with zero attached hydrogens (tertiary/aromatic N) is 5. The van der Waals surface area contributed by atoms with E-state index in [1.54, 1.807) is 24.2 Å². The average Bonchev–Trinajstić information content (AvgIpc) is 3.10. The molecule has 166 valence electrons. The largest absolute Gasteiger partial charge is 0.376 e. The average molecular weight is 469 g/mol. The number of hydrogen-bond acceptors (Lipinski definition) is 8. The predicted molar refractivity (Wildman–Crippen MR) is 126 cm³/mol. The molecule has 2 saturated heterocycles. The third-order valence-electron chi connectivity index (χ3n) is 6.57. The van der Waals surface area contributed by atoms with Crippen LogP contribution in [0.3, 0.4) is 0 Å². The minimum Gasteiger partial charge on any atom is -0.376 e. The minimum absolute atomic E-state index is 0.0945. The first-order valence-corrected chi connectivity index (χ1v) is 11.9. The Hall–Kier alpha value is -2.26.